The van der Waals surface area contributed by atoms with Gasteiger partial charge in [0.15, 0.2) is 0 Å². The van der Waals surface area contributed by atoms with Gasteiger partial charge in [-0.1, -0.05) is 45.3 Å². The molecular formula is C14H25NO3. The van der Waals surface area contributed by atoms with Gasteiger partial charge in [-0.05, 0) is 12.8 Å². The number of hydrogen-bond donors (Lipinski definition) is 2. The third-order valence-corrected chi connectivity index (χ3v) is 2.81. The molecule has 4 heteroatoms. The number of amides is 1. The van der Waals surface area contributed by atoms with Crippen LogP contribution in [-0.2, 0) is 9.59 Å². The highest BCUT2D eigenvalue weighted by atomic mass is 16.4. The first-order valence-corrected chi connectivity index (χ1v) is 6.65. The van der Waals surface area contributed by atoms with Crippen molar-refractivity contribution in [2.75, 3.05) is 0 Å². The lowest BCUT2D eigenvalue weighted by Gasteiger charge is -2.17. The molecule has 2 atom stereocenters. The van der Waals surface area contributed by atoms with Crippen LogP contribution in [-0.4, -0.2) is 23.0 Å². The third kappa shape index (κ3) is 7.87. The van der Waals surface area contributed by atoms with Crippen molar-refractivity contribution in [3.63, 3.8) is 0 Å². The molecule has 0 saturated carbocycles. The van der Waals surface area contributed by atoms with Gasteiger partial charge in [0.1, 0.15) is 6.04 Å². The summed E-state index contributed by atoms with van der Waals surface area (Å²) >= 11 is 0. The Morgan fingerprint density at radius 2 is 1.94 bits per heavy atom. The number of rotatable bonds is 9. The smallest absolute Gasteiger partial charge is 0.326 e. The van der Waals surface area contributed by atoms with E-state index in [1.165, 1.54) is 26.2 Å². The molecule has 1 amide bonds. The third-order valence-electron chi connectivity index (χ3n) is 2.81. The van der Waals surface area contributed by atoms with Gasteiger partial charge in [0.05, 0.1) is 0 Å². The van der Waals surface area contributed by atoms with Crippen LogP contribution >= 0.6 is 0 Å². The molecule has 0 heterocycles. The highest BCUT2D eigenvalue weighted by Gasteiger charge is 2.23. The highest BCUT2D eigenvalue weighted by Crippen LogP contribution is 2.08. The summed E-state index contributed by atoms with van der Waals surface area (Å²) in [6, 6.07) is -0.839. The summed E-state index contributed by atoms with van der Waals surface area (Å²) in [5, 5.41) is 11.5. The SMILES string of the molecule is CCCCCC/C=C\C(C)C(NC(C)=O)C(=O)O. The first-order valence-electron chi connectivity index (χ1n) is 6.65. The number of hydrogen-bond acceptors (Lipinski definition) is 2. The minimum absolute atomic E-state index is 0.197. The van der Waals surface area contributed by atoms with Crippen LogP contribution in [0.5, 0.6) is 0 Å². The van der Waals surface area contributed by atoms with Crippen LogP contribution in [0, 0.1) is 5.92 Å². The van der Waals surface area contributed by atoms with E-state index in [4.69, 9.17) is 5.11 Å². The van der Waals surface area contributed by atoms with E-state index in [2.05, 4.69) is 12.2 Å². The quantitative estimate of drug-likeness (QED) is 0.492. The first kappa shape index (κ1) is 16.7. The second kappa shape index (κ2) is 9.68. The van der Waals surface area contributed by atoms with Gasteiger partial charge < -0.3 is 10.4 Å². The Kier molecular flexibility index (Phi) is 8.97. The van der Waals surface area contributed by atoms with E-state index in [0.717, 1.165) is 12.8 Å². The van der Waals surface area contributed by atoms with E-state index in [1.807, 2.05) is 12.2 Å². The van der Waals surface area contributed by atoms with E-state index >= 15 is 0 Å². The molecule has 0 radical (unpaired) electrons. The van der Waals surface area contributed by atoms with Crippen LogP contribution in [0.1, 0.15) is 52.9 Å². The van der Waals surface area contributed by atoms with Crippen LogP contribution in [0.15, 0.2) is 12.2 Å². The van der Waals surface area contributed by atoms with E-state index in [0.29, 0.717) is 0 Å². The standard InChI is InChI=1S/C14H25NO3/c1-4-5-6-7-8-9-10-11(2)13(14(17)18)15-12(3)16/h9-11,13H,4-8H2,1-3H3,(H,15,16)(H,17,18)/b10-9-. The van der Waals surface area contributed by atoms with Gasteiger partial charge in [0.2, 0.25) is 5.91 Å². The Labute approximate surface area is 109 Å². The minimum Gasteiger partial charge on any atom is -0.480 e. The normalized spacial score (nSPS) is 14.4. The second-order valence-electron chi connectivity index (χ2n) is 4.65. The van der Waals surface area contributed by atoms with Crippen LogP contribution in [0.2, 0.25) is 0 Å². The molecular weight excluding hydrogens is 230 g/mol. The molecule has 0 aliphatic heterocycles. The minimum atomic E-state index is -0.992. The fourth-order valence-corrected chi connectivity index (χ4v) is 1.75. The van der Waals surface area contributed by atoms with Crippen LogP contribution < -0.4 is 5.32 Å². The van der Waals surface area contributed by atoms with Crippen LogP contribution in [0.4, 0.5) is 0 Å². The van der Waals surface area contributed by atoms with Crippen LogP contribution in [0.3, 0.4) is 0 Å². The van der Waals surface area contributed by atoms with Crippen molar-refractivity contribution in [1.29, 1.82) is 0 Å². The maximum absolute atomic E-state index is 11.0. The summed E-state index contributed by atoms with van der Waals surface area (Å²) in [5.41, 5.74) is 0. The molecule has 0 rings (SSSR count). The number of aliphatic carboxylic acids is 1. The Hall–Kier alpha value is -1.32. The summed E-state index contributed by atoms with van der Waals surface area (Å²) in [6.45, 7) is 5.30. The Balaban J connectivity index is 4.08. The molecule has 2 unspecified atom stereocenters. The largest absolute Gasteiger partial charge is 0.480 e. The molecule has 0 aromatic rings. The number of carbonyl (C=O) groups is 2. The molecule has 0 aliphatic carbocycles. The van der Waals surface area contributed by atoms with Crippen molar-refractivity contribution in [2.24, 2.45) is 5.92 Å². The number of carbonyl (C=O) groups excluding carboxylic acids is 1. The van der Waals surface area contributed by atoms with Gasteiger partial charge in [0, 0.05) is 12.8 Å². The molecule has 0 aliphatic rings. The molecule has 104 valence electrons. The second-order valence-corrected chi connectivity index (χ2v) is 4.65. The molecule has 0 bridgehead atoms. The zero-order valence-corrected chi connectivity index (χ0v) is 11.6. The Morgan fingerprint density at radius 3 is 2.44 bits per heavy atom. The molecule has 0 saturated heterocycles. The molecule has 0 aromatic carbocycles. The zero-order chi connectivity index (χ0) is 14.0. The molecule has 4 nitrogen and oxygen atoms in total. The van der Waals surface area contributed by atoms with Crippen molar-refractivity contribution >= 4 is 11.9 Å². The fourth-order valence-electron chi connectivity index (χ4n) is 1.75. The Bertz CT molecular complexity index is 287. The zero-order valence-electron chi connectivity index (χ0n) is 11.6. The average Bonchev–Trinajstić information content (AvgIpc) is 2.29. The molecule has 18 heavy (non-hydrogen) atoms. The monoisotopic (exact) mass is 255 g/mol. The van der Waals surface area contributed by atoms with Gasteiger partial charge in [0.25, 0.3) is 0 Å². The van der Waals surface area contributed by atoms with Crippen LogP contribution in [0.25, 0.3) is 0 Å². The molecule has 0 aromatic heterocycles. The lowest BCUT2D eigenvalue weighted by Crippen LogP contribution is -2.43. The van der Waals surface area contributed by atoms with Gasteiger partial charge in [-0.2, -0.15) is 0 Å². The predicted molar refractivity (Wildman–Crippen MR) is 72.3 cm³/mol. The maximum Gasteiger partial charge on any atom is 0.326 e. The number of allylic oxidation sites excluding steroid dienone is 1. The number of nitrogens with one attached hydrogen (secondary N) is 1. The lowest BCUT2D eigenvalue weighted by molar-refractivity contribution is -0.142. The van der Waals surface area contributed by atoms with E-state index in [9.17, 15) is 9.59 Å². The maximum atomic E-state index is 11.0. The topological polar surface area (TPSA) is 66.4 Å². The number of carboxylic acid groups (broad SMARTS) is 1. The Morgan fingerprint density at radius 1 is 1.28 bits per heavy atom. The highest BCUT2D eigenvalue weighted by molar-refractivity contribution is 5.82. The van der Waals surface area contributed by atoms with Gasteiger partial charge >= 0.3 is 5.97 Å². The van der Waals surface area contributed by atoms with Crippen molar-refractivity contribution in [3.05, 3.63) is 12.2 Å². The van der Waals surface area contributed by atoms with Crippen molar-refractivity contribution in [2.45, 2.75) is 58.9 Å². The number of unbranched alkanes of at least 4 members (excludes halogenated alkanes) is 4. The van der Waals surface area contributed by atoms with Gasteiger partial charge in [-0.15, -0.1) is 0 Å². The average molecular weight is 255 g/mol. The fraction of sp³-hybridized carbons (Fsp3) is 0.714. The predicted octanol–water partition coefficient (Wildman–Crippen LogP) is 2.74. The lowest BCUT2D eigenvalue weighted by atomic mass is 10.0. The van der Waals surface area contributed by atoms with Crippen molar-refractivity contribution in [1.82, 2.24) is 5.32 Å². The summed E-state index contributed by atoms with van der Waals surface area (Å²) in [7, 11) is 0. The molecule has 0 fully saturated rings. The summed E-state index contributed by atoms with van der Waals surface area (Å²) in [5.74, 6) is -1.50. The molecule has 0 spiro atoms. The summed E-state index contributed by atoms with van der Waals surface area (Å²) < 4.78 is 0. The number of carboxylic acids is 1. The summed E-state index contributed by atoms with van der Waals surface area (Å²) in [6.07, 6.45) is 9.66. The van der Waals surface area contributed by atoms with E-state index in [-0.39, 0.29) is 11.8 Å². The first-order chi connectivity index (χ1) is 8.49. The van der Waals surface area contributed by atoms with Crippen molar-refractivity contribution in [3.8, 4) is 0 Å². The van der Waals surface area contributed by atoms with Crippen molar-refractivity contribution < 1.29 is 14.7 Å². The van der Waals surface area contributed by atoms with E-state index in [1.54, 1.807) is 6.92 Å². The van der Waals surface area contributed by atoms with E-state index < -0.39 is 12.0 Å². The summed E-state index contributed by atoms with van der Waals surface area (Å²) in [4.78, 5) is 21.9. The molecule has 2 N–H and O–H groups in total. The van der Waals surface area contributed by atoms with Gasteiger partial charge in [-0.3, -0.25) is 4.79 Å². The van der Waals surface area contributed by atoms with Gasteiger partial charge in [-0.25, -0.2) is 4.79 Å².